The number of ether oxygens (including phenoxy) is 1. The van der Waals surface area contributed by atoms with Gasteiger partial charge in [-0.2, -0.15) is 5.26 Å². The van der Waals surface area contributed by atoms with Crippen LogP contribution >= 0.6 is 0 Å². The zero-order chi connectivity index (χ0) is 31.4. The van der Waals surface area contributed by atoms with Gasteiger partial charge in [-0.1, -0.05) is 18.2 Å². The Hall–Kier alpha value is -3.27. The Morgan fingerprint density at radius 1 is 1.02 bits per heavy atom. The first-order valence-corrected chi connectivity index (χ1v) is 17.5. The van der Waals surface area contributed by atoms with Gasteiger partial charge in [-0.3, -0.25) is 13.6 Å². The standard InChI is InChI=1S/C33H40F2N6O3S/c34-33(35)25-7-13-40(14-8-25)11-1-2-15-44-16-4-12-41-30-27(20-28(31(41)42)32(22-36)9-17-45(43)18-10-32)29(38-23-39-30)37-21-24-5-3-6-26(33)19-24/h3,5-6,19-20,23,25H,1-2,4,7-18,21H2,(H,37,38,39). The maximum atomic E-state index is 15.8. The molecule has 45 heavy (non-hydrogen) atoms. The minimum atomic E-state index is -2.94. The number of benzene rings is 1. The van der Waals surface area contributed by atoms with Gasteiger partial charge in [-0.25, -0.2) is 18.7 Å². The smallest absolute Gasteiger partial charge is 0.276 e. The van der Waals surface area contributed by atoms with Gasteiger partial charge in [0.15, 0.2) is 0 Å². The summed E-state index contributed by atoms with van der Waals surface area (Å²) in [6.07, 6.45) is 5.36. The number of nitrogens with one attached hydrogen (secondary N) is 1. The molecule has 0 radical (unpaired) electrons. The van der Waals surface area contributed by atoms with Gasteiger partial charge in [0.25, 0.3) is 11.5 Å². The van der Waals surface area contributed by atoms with E-state index in [9.17, 15) is 14.3 Å². The van der Waals surface area contributed by atoms with Crippen LogP contribution < -0.4 is 10.9 Å². The van der Waals surface area contributed by atoms with Gasteiger partial charge in [0.2, 0.25) is 0 Å². The van der Waals surface area contributed by atoms with E-state index in [2.05, 4.69) is 26.3 Å². The SMILES string of the molecule is N#CC1(c2cc3c4ncnc3n(c2=O)CCCOCCCCN2CCC(CC2)C(F)(F)c2cccc(c2)CN4)CCS(=O)CC1. The lowest BCUT2D eigenvalue weighted by molar-refractivity contribution is -0.0855. The fraction of sp³-hybridized carbons (Fsp3) is 0.576. The van der Waals surface area contributed by atoms with Crippen LogP contribution in [-0.4, -0.2) is 68.0 Å². The molecule has 0 saturated carbocycles. The molecular formula is C33H40F2N6O3S. The van der Waals surface area contributed by atoms with Crippen molar-refractivity contribution in [3.8, 4) is 6.07 Å². The second kappa shape index (κ2) is 13.6. The zero-order valence-corrected chi connectivity index (χ0v) is 26.3. The van der Waals surface area contributed by atoms with Crippen molar-refractivity contribution >= 4 is 27.7 Å². The number of fused-ring (bicyclic) bond motifs is 10. The molecule has 9 nitrogen and oxygen atoms in total. The fourth-order valence-electron chi connectivity index (χ4n) is 6.91. The Balaban J connectivity index is 1.38. The lowest BCUT2D eigenvalue weighted by atomic mass is 9.77. The van der Waals surface area contributed by atoms with E-state index < -0.39 is 28.1 Å². The van der Waals surface area contributed by atoms with Crippen molar-refractivity contribution in [3.63, 3.8) is 0 Å². The second-order valence-corrected chi connectivity index (χ2v) is 14.2. The maximum Gasteiger partial charge on any atom is 0.276 e. The molecule has 6 heterocycles. The molecule has 4 aliphatic heterocycles. The molecule has 1 aromatic carbocycles. The number of piperidine rings is 1. The first-order valence-electron chi connectivity index (χ1n) is 16.0. The van der Waals surface area contributed by atoms with Crippen molar-refractivity contribution in [1.82, 2.24) is 19.4 Å². The third-order valence-corrected chi connectivity index (χ3v) is 11.0. The van der Waals surface area contributed by atoms with Crippen molar-refractivity contribution in [2.75, 3.05) is 49.7 Å². The van der Waals surface area contributed by atoms with E-state index in [0.717, 1.165) is 19.4 Å². The summed E-state index contributed by atoms with van der Waals surface area (Å²) in [4.78, 5) is 25.2. The van der Waals surface area contributed by atoms with E-state index in [1.807, 2.05) is 6.07 Å². The van der Waals surface area contributed by atoms with E-state index in [1.165, 1.54) is 12.4 Å². The number of hydrogen-bond acceptors (Lipinski definition) is 8. The average Bonchev–Trinajstić information content (AvgIpc) is 3.06. The number of alkyl halides is 2. The Bertz CT molecular complexity index is 1640. The van der Waals surface area contributed by atoms with Gasteiger partial charge >= 0.3 is 0 Å². The fourth-order valence-corrected chi connectivity index (χ4v) is 8.27. The summed E-state index contributed by atoms with van der Waals surface area (Å²) in [5.41, 5.74) is 0.150. The van der Waals surface area contributed by atoms with E-state index in [1.54, 1.807) is 22.8 Å². The Morgan fingerprint density at radius 2 is 1.80 bits per heavy atom. The van der Waals surface area contributed by atoms with Gasteiger partial charge in [0.05, 0.1) is 16.9 Å². The van der Waals surface area contributed by atoms with Crippen LogP contribution in [0.25, 0.3) is 11.0 Å². The number of halogens is 2. The van der Waals surface area contributed by atoms with E-state index in [-0.39, 0.29) is 17.7 Å². The number of aromatic nitrogens is 3. The molecule has 2 saturated heterocycles. The molecule has 2 fully saturated rings. The van der Waals surface area contributed by atoms with Crippen molar-refractivity contribution in [3.05, 3.63) is 63.7 Å². The number of hydrogen-bond donors (Lipinski definition) is 1. The van der Waals surface area contributed by atoms with Gasteiger partial charge in [0.1, 0.15) is 17.8 Å². The summed E-state index contributed by atoms with van der Waals surface area (Å²) in [5, 5.41) is 14.2. The van der Waals surface area contributed by atoms with Gasteiger partial charge < -0.3 is 15.0 Å². The van der Waals surface area contributed by atoms with Gasteiger partial charge in [-0.05, 0) is 82.3 Å². The van der Waals surface area contributed by atoms with E-state index in [0.29, 0.717) is 104 Å². The molecule has 3 aromatic rings. The highest BCUT2D eigenvalue weighted by molar-refractivity contribution is 7.85. The Labute approximate surface area is 264 Å². The summed E-state index contributed by atoms with van der Waals surface area (Å²) in [7, 11) is -1.02. The van der Waals surface area contributed by atoms with Crippen molar-refractivity contribution in [1.29, 1.82) is 5.26 Å². The highest BCUT2D eigenvalue weighted by Crippen LogP contribution is 2.42. The van der Waals surface area contributed by atoms with Crippen LogP contribution in [0.4, 0.5) is 14.6 Å². The van der Waals surface area contributed by atoms with Crippen molar-refractivity contribution in [2.45, 2.75) is 69.4 Å². The monoisotopic (exact) mass is 638 g/mol. The normalized spacial score (nSPS) is 28.0. The van der Waals surface area contributed by atoms with E-state index in [4.69, 9.17) is 4.74 Å². The molecule has 12 heteroatoms. The Morgan fingerprint density at radius 3 is 2.58 bits per heavy atom. The maximum absolute atomic E-state index is 15.8. The van der Waals surface area contributed by atoms with Crippen molar-refractivity contribution in [2.24, 2.45) is 5.92 Å². The number of aryl methyl sites for hydroxylation is 1. The lowest BCUT2D eigenvalue weighted by Crippen LogP contribution is -2.40. The topological polar surface area (TPSA) is 113 Å². The first kappa shape index (κ1) is 31.7. The quantitative estimate of drug-likeness (QED) is 0.408. The molecule has 8 bridgehead atoms. The predicted molar refractivity (Wildman–Crippen MR) is 170 cm³/mol. The minimum absolute atomic E-state index is 0.0221. The largest absolute Gasteiger partial charge is 0.381 e. The van der Waals surface area contributed by atoms with Crippen LogP contribution in [0.5, 0.6) is 0 Å². The number of nitrogens with zero attached hydrogens (tertiary/aromatic N) is 5. The van der Waals surface area contributed by atoms with Crippen LogP contribution in [0.15, 0.2) is 41.5 Å². The van der Waals surface area contributed by atoms with Crippen LogP contribution in [0.2, 0.25) is 0 Å². The second-order valence-electron chi connectivity index (χ2n) is 12.5. The summed E-state index contributed by atoms with van der Waals surface area (Å²) < 4.78 is 51.2. The molecule has 0 atom stereocenters. The molecular weight excluding hydrogens is 598 g/mol. The van der Waals surface area contributed by atoms with Crippen LogP contribution in [0.3, 0.4) is 0 Å². The highest BCUT2D eigenvalue weighted by atomic mass is 32.2. The first-order chi connectivity index (χ1) is 21.8. The van der Waals surface area contributed by atoms with Gasteiger partial charge in [-0.15, -0.1) is 0 Å². The number of pyridine rings is 1. The third-order valence-electron chi connectivity index (χ3n) is 9.68. The molecule has 0 amide bonds. The number of nitriles is 1. The van der Waals surface area contributed by atoms with E-state index >= 15 is 8.78 Å². The third kappa shape index (κ3) is 6.67. The molecule has 2 aromatic heterocycles. The van der Waals surface area contributed by atoms with Gasteiger partial charge in [0, 0.05) is 65.7 Å². The number of rotatable bonds is 1. The molecule has 240 valence electrons. The van der Waals surface area contributed by atoms with Crippen LogP contribution in [0.1, 0.15) is 61.6 Å². The summed E-state index contributed by atoms with van der Waals surface area (Å²) >= 11 is 0. The molecule has 0 spiro atoms. The minimum Gasteiger partial charge on any atom is -0.381 e. The summed E-state index contributed by atoms with van der Waals surface area (Å²) in [6.45, 7) is 3.85. The highest BCUT2D eigenvalue weighted by Gasteiger charge is 2.43. The average molecular weight is 639 g/mol. The van der Waals surface area contributed by atoms with Crippen molar-refractivity contribution < 1.29 is 17.7 Å². The summed E-state index contributed by atoms with van der Waals surface area (Å²) in [6, 6.07) is 10.7. The van der Waals surface area contributed by atoms with Crippen LogP contribution in [-0.2, 0) is 40.0 Å². The predicted octanol–water partition coefficient (Wildman–Crippen LogP) is 4.71. The molecule has 0 unspecified atom stereocenters. The lowest BCUT2D eigenvalue weighted by Gasteiger charge is -2.36. The molecule has 1 N–H and O–H groups in total. The number of anilines is 1. The molecule has 4 aliphatic rings. The summed E-state index contributed by atoms with van der Waals surface area (Å²) in [5.74, 6) is -2.48. The molecule has 0 aliphatic carbocycles. The Kier molecular flexibility index (Phi) is 9.59. The molecule has 7 rings (SSSR count). The zero-order valence-electron chi connectivity index (χ0n) is 25.5. The van der Waals surface area contributed by atoms with Crippen LogP contribution in [0, 0.1) is 17.2 Å².